The molecule has 3 rings (SSSR count). The molecule has 0 bridgehead atoms. The molecule has 7 heteroatoms. The number of rotatable bonds is 5. The third-order valence-electron chi connectivity index (χ3n) is 4.98. The lowest BCUT2D eigenvalue weighted by Gasteiger charge is -2.20. The Morgan fingerprint density at radius 1 is 0.903 bits per heavy atom. The van der Waals surface area contributed by atoms with Crippen LogP contribution in [0.4, 0.5) is 0 Å². The molecule has 1 aromatic heterocycles. The fraction of sp³-hybridized carbons (Fsp3) is 0.292. The summed E-state index contributed by atoms with van der Waals surface area (Å²) in [6, 6.07) is 14.7. The number of nitrogens with zero attached hydrogens (tertiary/aromatic N) is 2. The number of carbonyl (C=O) groups excluding carboxylic acids is 2. The Balaban J connectivity index is 2.37. The van der Waals surface area contributed by atoms with E-state index in [1.807, 2.05) is 36.4 Å². The van der Waals surface area contributed by atoms with Crippen LogP contribution in [0.5, 0.6) is 5.75 Å². The van der Waals surface area contributed by atoms with Crippen molar-refractivity contribution in [1.82, 2.24) is 9.78 Å². The van der Waals surface area contributed by atoms with E-state index in [4.69, 9.17) is 14.2 Å². The number of hydrogen-bond donors (Lipinski definition) is 0. The van der Waals surface area contributed by atoms with E-state index in [0.29, 0.717) is 17.0 Å². The lowest BCUT2D eigenvalue weighted by Crippen LogP contribution is -2.15. The van der Waals surface area contributed by atoms with Crippen LogP contribution >= 0.6 is 0 Å². The number of carbonyl (C=O) groups is 2. The zero-order valence-corrected chi connectivity index (χ0v) is 18.6. The predicted molar refractivity (Wildman–Crippen MR) is 117 cm³/mol. The van der Waals surface area contributed by atoms with Crippen molar-refractivity contribution in [2.75, 3.05) is 21.3 Å². The second-order valence-corrected chi connectivity index (χ2v) is 7.97. The molecule has 0 saturated heterocycles. The Labute approximate surface area is 181 Å². The standard InChI is InChI=1S/C24H26N2O5/c1-24(2,3)15-12-13-17(18(14-15)29-4)20-19(22(27)30-5)21(23(28)31-6)26(25-20)16-10-8-7-9-11-16/h7-14H,1-6H3. The first-order valence-electron chi connectivity index (χ1n) is 9.76. The maximum Gasteiger partial charge on any atom is 0.357 e. The fourth-order valence-electron chi connectivity index (χ4n) is 3.30. The Morgan fingerprint density at radius 3 is 2.10 bits per heavy atom. The average Bonchev–Trinajstić information content (AvgIpc) is 3.18. The number of methoxy groups -OCH3 is 3. The third kappa shape index (κ3) is 4.17. The van der Waals surface area contributed by atoms with Crippen LogP contribution in [-0.2, 0) is 14.9 Å². The maximum absolute atomic E-state index is 12.8. The SMILES string of the molecule is COC(=O)c1c(-c2ccc(C(C)(C)C)cc2OC)nn(-c2ccccc2)c1C(=O)OC. The zero-order valence-electron chi connectivity index (χ0n) is 18.6. The van der Waals surface area contributed by atoms with Crippen molar-refractivity contribution < 1.29 is 23.8 Å². The topological polar surface area (TPSA) is 79.7 Å². The summed E-state index contributed by atoms with van der Waals surface area (Å²) < 4.78 is 17.0. The fourth-order valence-corrected chi connectivity index (χ4v) is 3.30. The minimum Gasteiger partial charge on any atom is -0.496 e. The summed E-state index contributed by atoms with van der Waals surface area (Å²) in [6.45, 7) is 6.29. The molecule has 0 amide bonds. The van der Waals surface area contributed by atoms with Gasteiger partial charge in [0.15, 0.2) is 5.69 Å². The normalized spacial score (nSPS) is 11.2. The van der Waals surface area contributed by atoms with Gasteiger partial charge in [0, 0.05) is 5.56 Å². The summed E-state index contributed by atoms with van der Waals surface area (Å²) in [4.78, 5) is 25.5. The number of aromatic nitrogens is 2. The van der Waals surface area contributed by atoms with Gasteiger partial charge in [-0.25, -0.2) is 14.3 Å². The zero-order chi connectivity index (χ0) is 22.8. The van der Waals surface area contributed by atoms with Crippen LogP contribution in [0.3, 0.4) is 0 Å². The highest BCUT2D eigenvalue weighted by Crippen LogP contribution is 2.37. The van der Waals surface area contributed by atoms with Gasteiger partial charge in [0.25, 0.3) is 0 Å². The van der Waals surface area contributed by atoms with Gasteiger partial charge in [0.05, 0.1) is 27.0 Å². The van der Waals surface area contributed by atoms with Crippen molar-refractivity contribution in [1.29, 1.82) is 0 Å². The first-order chi connectivity index (χ1) is 14.7. The average molecular weight is 422 g/mol. The molecule has 0 unspecified atom stereocenters. The molecule has 0 aliphatic heterocycles. The van der Waals surface area contributed by atoms with Gasteiger partial charge in [0.2, 0.25) is 0 Å². The summed E-state index contributed by atoms with van der Waals surface area (Å²) in [5.41, 5.74) is 2.40. The molecule has 31 heavy (non-hydrogen) atoms. The van der Waals surface area contributed by atoms with Gasteiger partial charge in [0.1, 0.15) is 17.0 Å². The molecule has 0 N–H and O–H groups in total. The molecule has 0 atom stereocenters. The van der Waals surface area contributed by atoms with E-state index in [2.05, 4.69) is 25.9 Å². The first-order valence-corrected chi connectivity index (χ1v) is 9.76. The van der Waals surface area contributed by atoms with Crippen LogP contribution in [0.25, 0.3) is 16.9 Å². The van der Waals surface area contributed by atoms with E-state index in [0.717, 1.165) is 5.56 Å². The van der Waals surface area contributed by atoms with Gasteiger partial charge in [-0.3, -0.25) is 0 Å². The lowest BCUT2D eigenvalue weighted by molar-refractivity contribution is 0.0549. The van der Waals surface area contributed by atoms with E-state index < -0.39 is 11.9 Å². The van der Waals surface area contributed by atoms with Crippen molar-refractivity contribution in [2.45, 2.75) is 26.2 Å². The maximum atomic E-state index is 12.8. The Kier molecular flexibility index (Phi) is 6.15. The summed E-state index contributed by atoms with van der Waals surface area (Å²) in [7, 11) is 4.07. The van der Waals surface area contributed by atoms with Crippen LogP contribution in [0.2, 0.25) is 0 Å². The number of benzene rings is 2. The molecule has 0 aliphatic carbocycles. The van der Waals surface area contributed by atoms with Crippen molar-refractivity contribution in [3.05, 3.63) is 65.4 Å². The summed E-state index contributed by atoms with van der Waals surface area (Å²) in [5.74, 6) is -0.862. The highest BCUT2D eigenvalue weighted by Gasteiger charge is 2.32. The predicted octanol–water partition coefficient (Wildman–Crippen LogP) is 4.42. The molecule has 162 valence electrons. The summed E-state index contributed by atoms with van der Waals surface area (Å²) in [6.07, 6.45) is 0. The second-order valence-electron chi connectivity index (χ2n) is 7.97. The Morgan fingerprint density at radius 2 is 1.55 bits per heavy atom. The molecule has 0 aliphatic rings. The summed E-state index contributed by atoms with van der Waals surface area (Å²) in [5, 5.41) is 4.62. The van der Waals surface area contributed by atoms with E-state index >= 15 is 0 Å². The highest BCUT2D eigenvalue weighted by atomic mass is 16.5. The van der Waals surface area contributed by atoms with Crippen LogP contribution in [0.15, 0.2) is 48.5 Å². The van der Waals surface area contributed by atoms with Crippen LogP contribution in [0, 0.1) is 0 Å². The number of esters is 2. The van der Waals surface area contributed by atoms with Gasteiger partial charge in [-0.1, -0.05) is 45.0 Å². The molecule has 0 fully saturated rings. The second kappa shape index (κ2) is 8.63. The molecule has 0 spiro atoms. The quantitative estimate of drug-likeness (QED) is 0.567. The molecule has 7 nitrogen and oxygen atoms in total. The van der Waals surface area contributed by atoms with Crippen LogP contribution < -0.4 is 4.74 Å². The van der Waals surface area contributed by atoms with E-state index in [1.54, 1.807) is 19.2 Å². The molecular weight excluding hydrogens is 396 g/mol. The lowest BCUT2D eigenvalue weighted by atomic mass is 9.86. The monoisotopic (exact) mass is 422 g/mol. The number of para-hydroxylation sites is 1. The van der Waals surface area contributed by atoms with Gasteiger partial charge in [-0.2, -0.15) is 5.10 Å². The summed E-state index contributed by atoms with van der Waals surface area (Å²) >= 11 is 0. The first kappa shape index (κ1) is 22.1. The van der Waals surface area contributed by atoms with Crippen LogP contribution in [-0.4, -0.2) is 43.0 Å². The largest absolute Gasteiger partial charge is 0.496 e. The minimum absolute atomic E-state index is 0.0139. The Hall–Kier alpha value is -3.61. The van der Waals surface area contributed by atoms with Crippen LogP contribution in [0.1, 0.15) is 47.2 Å². The number of ether oxygens (including phenoxy) is 3. The van der Waals surface area contributed by atoms with Gasteiger partial charge in [-0.15, -0.1) is 0 Å². The number of hydrogen-bond acceptors (Lipinski definition) is 6. The van der Waals surface area contributed by atoms with Crippen molar-refractivity contribution in [3.63, 3.8) is 0 Å². The molecular formula is C24H26N2O5. The smallest absolute Gasteiger partial charge is 0.357 e. The van der Waals surface area contributed by atoms with Gasteiger partial charge < -0.3 is 14.2 Å². The van der Waals surface area contributed by atoms with E-state index in [-0.39, 0.29) is 22.4 Å². The van der Waals surface area contributed by atoms with Crippen molar-refractivity contribution in [2.24, 2.45) is 0 Å². The highest BCUT2D eigenvalue weighted by molar-refractivity contribution is 6.07. The van der Waals surface area contributed by atoms with Crippen molar-refractivity contribution in [3.8, 4) is 22.7 Å². The minimum atomic E-state index is -0.701. The van der Waals surface area contributed by atoms with E-state index in [9.17, 15) is 9.59 Å². The van der Waals surface area contributed by atoms with Crippen molar-refractivity contribution >= 4 is 11.9 Å². The molecule has 1 heterocycles. The molecule has 0 saturated carbocycles. The molecule has 3 aromatic rings. The van der Waals surface area contributed by atoms with E-state index in [1.165, 1.54) is 18.9 Å². The molecule has 0 radical (unpaired) electrons. The van der Waals surface area contributed by atoms with Gasteiger partial charge in [-0.05, 0) is 35.2 Å². The Bertz CT molecular complexity index is 1110. The van der Waals surface area contributed by atoms with Gasteiger partial charge >= 0.3 is 11.9 Å². The molecule has 2 aromatic carbocycles. The third-order valence-corrected chi connectivity index (χ3v) is 4.98.